The van der Waals surface area contributed by atoms with E-state index in [1.807, 2.05) is 54.6 Å². The van der Waals surface area contributed by atoms with E-state index in [0.717, 1.165) is 26.4 Å². The molecule has 0 aliphatic carbocycles. The zero-order valence-electron chi connectivity index (χ0n) is 18.8. The SMILES string of the molecule is COc1ccc(C2=N/C(=C/c3cc4ccccc4nc3Sc3ccc(Cl)cc3)C(=O)O2)cc1OC. The first kappa shape index (κ1) is 23.0. The minimum Gasteiger partial charge on any atom is -0.493 e. The van der Waals surface area contributed by atoms with Crippen molar-refractivity contribution in [2.75, 3.05) is 14.2 Å². The Balaban J connectivity index is 1.55. The highest BCUT2D eigenvalue weighted by atomic mass is 35.5. The van der Waals surface area contributed by atoms with Crippen molar-refractivity contribution in [2.24, 2.45) is 4.99 Å². The van der Waals surface area contributed by atoms with E-state index in [9.17, 15) is 4.79 Å². The van der Waals surface area contributed by atoms with Crippen LogP contribution in [0.5, 0.6) is 11.5 Å². The number of fused-ring (bicyclic) bond motifs is 1. The van der Waals surface area contributed by atoms with Gasteiger partial charge in [0.1, 0.15) is 5.03 Å². The fourth-order valence-corrected chi connectivity index (χ4v) is 4.56. The summed E-state index contributed by atoms with van der Waals surface area (Å²) in [4.78, 5) is 23.0. The van der Waals surface area contributed by atoms with Gasteiger partial charge in [0, 0.05) is 26.4 Å². The molecule has 4 aromatic rings. The molecular weight excluding hydrogens is 484 g/mol. The van der Waals surface area contributed by atoms with E-state index < -0.39 is 5.97 Å². The monoisotopic (exact) mass is 502 g/mol. The lowest BCUT2D eigenvalue weighted by Crippen LogP contribution is -2.06. The summed E-state index contributed by atoms with van der Waals surface area (Å²) in [5, 5.41) is 2.35. The molecule has 1 aromatic heterocycles. The Labute approximate surface area is 211 Å². The molecule has 2 heterocycles. The molecule has 5 rings (SSSR count). The van der Waals surface area contributed by atoms with Gasteiger partial charge in [-0.25, -0.2) is 14.8 Å². The van der Waals surface area contributed by atoms with Crippen molar-refractivity contribution in [3.8, 4) is 11.5 Å². The van der Waals surface area contributed by atoms with Crippen LogP contribution in [0.2, 0.25) is 5.02 Å². The topological polar surface area (TPSA) is 70.0 Å². The highest BCUT2D eigenvalue weighted by Gasteiger charge is 2.25. The number of aliphatic imine (C=N–C) groups is 1. The van der Waals surface area contributed by atoms with E-state index in [1.165, 1.54) is 11.8 Å². The third kappa shape index (κ3) is 4.87. The lowest BCUT2D eigenvalue weighted by molar-refractivity contribution is -0.129. The van der Waals surface area contributed by atoms with E-state index in [-0.39, 0.29) is 11.6 Å². The molecular formula is C27H19ClN2O4S. The Morgan fingerprint density at radius 3 is 2.49 bits per heavy atom. The van der Waals surface area contributed by atoms with E-state index in [4.69, 9.17) is 30.8 Å². The number of nitrogens with zero attached hydrogens (tertiary/aromatic N) is 2. The third-order valence-electron chi connectivity index (χ3n) is 5.29. The van der Waals surface area contributed by atoms with Crippen molar-refractivity contribution in [3.63, 3.8) is 0 Å². The number of pyridine rings is 1. The van der Waals surface area contributed by atoms with Crippen molar-refractivity contribution in [2.45, 2.75) is 9.92 Å². The summed E-state index contributed by atoms with van der Waals surface area (Å²) in [5.74, 6) is 0.748. The van der Waals surface area contributed by atoms with E-state index in [1.54, 1.807) is 38.5 Å². The summed E-state index contributed by atoms with van der Waals surface area (Å²) in [7, 11) is 3.10. The number of ether oxygens (including phenoxy) is 3. The molecule has 0 bridgehead atoms. The Morgan fingerprint density at radius 2 is 1.71 bits per heavy atom. The fraction of sp³-hybridized carbons (Fsp3) is 0.0741. The van der Waals surface area contributed by atoms with E-state index in [2.05, 4.69) is 4.99 Å². The number of carbonyl (C=O) groups is 1. The maximum Gasteiger partial charge on any atom is 0.363 e. The number of aromatic nitrogens is 1. The van der Waals surface area contributed by atoms with Gasteiger partial charge >= 0.3 is 5.97 Å². The molecule has 0 fully saturated rings. The van der Waals surface area contributed by atoms with Gasteiger partial charge in [0.25, 0.3) is 0 Å². The molecule has 3 aromatic carbocycles. The van der Waals surface area contributed by atoms with Crippen molar-refractivity contribution in [3.05, 3.63) is 94.6 Å². The minimum absolute atomic E-state index is 0.185. The predicted molar refractivity (Wildman–Crippen MR) is 137 cm³/mol. The maximum absolute atomic E-state index is 12.7. The van der Waals surface area contributed by atoms with Crippen LogP contribution in [-0.4, -0.2) is 31.1 Å². The van der Waals surface area contributed by atoms with Crippen molar-refractivity contribution in [1.29, 1.82) is 0 Å². The first-order valence-corrected chi connectivity index (χ1v) is 11.8. The highest BCUT2D eigenvalue weighted by molar-refractivity contribution is 7.99. The molecule has 6 nitrogen and oxygen atoms in total. The van der Waals surface area contributed by atoms with Crippen molar-refractivity contribution < 1.29 is 19.0 Å². The second kappa shape index (κ2) is 9.82. The highest BCUT2D eigenvalue weighted by Crippen LogP contribution is 2.34. The van der Waals surface area contributed by atoms with Gasteiger partial charge in [-0.15, -0.1) is 0 Å². The van der Waals surface area contributed by atoms with Gasteiger partial charge in [-0.05, 0) is 60.7 Å². The molecule has 35 heavy (non-hydrogen) atoms. The summed E-state index contributed by atoms with van der Waals surface area (Å²) >= 11 is 7.52. The molecule has 0 atom stereocenters. The van der Waals surface area contributed by atoms with Gasteiger partial charge in [0.05, 0.1) is 19.7 Å². The average molecular weight is 503 g/mol. The van der Waals surface area contributed by atoms with Crippen molar-refractivity contribution in [1.82, 2.24) is 4.98 Å². The van der Waals surface area contributed by atoms with E-state index in [0.29, 0.717) is 22.1 Å². The molecule has 1 aliphatic heterocycles. The Morgan fingerprint density at radius 1 is 0.943 bits per heavy atom. The summed E-state index contributed by atoms with van der Waals surface area (Å²) < 4.78 is 16.1. The van der Waals surface area contributed by atoms with Crippen LogP contribution in [-0.2, 0) is 9.53 Å². The van der Waals surface area contributed by atoms with Crippen LogP contribution < -0.4 is 9.47 Å². The lowest BCUT2D eigenvalue weighted by atomic mass is 10.1. The molecule has 174 valence electrons. The number of halogens is 1. The number of cyclic esters (lactones) is 1. The number of carbonyl (C=O) groups excluding carboxylic acids is 1. The van der Waals surface area contributed by atoms with Crippen LogP contribution in [0.4, 0.5) is 0 Å². The summed E-state index contributed by atoms with van der Waals surface area (Å²) in [6.07, 6.45) is 1.70. The molecule has 1 aliphatic rings. The third-order valence-corrected chi connectivity index (χ3v) is 6.57. The quantitative estimate of drug-likeness (QED) is 0.224. The Hall–Kier alpha value is -3.81. The first-order valence-electron chi connectivity index (χ1n) is 10.6. The van der Waals surface area contributed by atoms with Crippen LogP contribution in [0.3, 0.4) is 0 Å². The van der Waals surface area contributed by atoms with Crippen LogP contribution in [0.1, 0.15) is 11.1 Å². The van der Waals surface area contributed by atoms with Crippen LogP contribution in [0, 0.1) is 0 Å². The lowest BCUT2D eigenvalue weighted by Gasteiger charge is -2.08. The predicted octanol–water partition coefficient (Wildman–Crippen LogP) is 6.40. The Bertz CT molecular complexity index is 1500. The fourth-order valence-electron chi connectivity index (χ4n) is 3.56. The number of rotatable bonds is 6. The zero-order valence-corrected chi connectivity index (χ0v) is 20.4. The number of esters is 1. The molecule has 0 unspecified atom stereocenters. The van der Waals surface area contributed by atoms with Gasteiger partial charge < -0.3 is 14.2 Å². The van der Waals surface area contributed by atoms with Crippen LogP contribution >= 0.6 is 23.4 Å². The molecule has 0 N–H and O–H groups in total. The summed E-state index contributed by atoms with van der Waals surface area (Å²) in [6, 6.07) is 22.5. The van der Waals surface area contributed by atoms with Crippen LogP contribution in [0.15, 0.2) is 93.4 Å². The van der Waals surface area contributed by atoms with Gasteiger partial charge in [-0.1, -0.05) is 41.6 Å². The average Bonchev–Trinajstić information content (AvgIpc) is 3.25. The second-order valence-electron chi connectivity index (χ2n) is 7.54. The number of methoxy groups -OCH3 is 2. The summed E-state index contributed by atoms with van der Waals surface area (Å²) in [5.41, 5.74) is 2.40. The molecule has 0 saturated carbocycles. The van der Waals surface area contributed by atoms with E-state index >= 15 is 0 Å². The molecule has 0 saturated heterocycles. The smallest absolute Gasteiger partial charge is 0.363 e. The minimum atomic E-state index is -0.537. The largest absolute Gasteiger partial charge is 0.493 e. The van der Waals surface area contributed by atoms with Gasteiger partial charge in [-0.2, -0.15) is 0 Å². The molecule has 0 spiro atoms. The number of hydrogen-bond donors (Lipinski definition) is 0. The normalized spacial score (nSPS) is 14.2. The second-order valence-corrected chi connectivity index (χ2v) is 9.04. The van der Waals surface area contributed by atoms with Gasteiger partial charge in [0.2, 0.25) is 5.90 Å². The molecule has 8 heteroatoms. The van der Waals surface area contributed by atoms with Gasteiger partial charge in [0.15, 0.2) is 17.2 Å². The van der Waals surface area contributed by atoms with Crippen molar-refractivity contribution >= 4 is 52.2 Å². The van der Waals surface area contributed by atoms with Crippen LogP contribution in [0.25, 0.3) is 17.0 Å². The maximum atomic E-state index is 12.7. The van der Waals surface area contributed by atoms with Gasteiger partial charge in [-0.3, -0.25) is 0 Å². The zero-order chi connectivity index (χ0) is 24.4. The summed E-state index contributed by atoms with van der Waals surface area (Å²) in [6.45, 7) is 0. The standard InChI is InChI=1S/C27H19ClN2O4S/c1-32-23-12-7-17(15-24(23)33-2)25-29-22(27(31)34-25)14-18-13-16-5-3-4-6-21(16)30-26(18)35-20-10-8-19(28)9-11-20/h3-15H,1-2H3/b22-14+. The number of hydrogen-bond acceptors (Lipinski definition) is 7. The number of benzene rings is 3. The first-order chi connectivity index (χ1) is 17.0. The molecule has 0 amide bonds. The Kier molecular flexibility index (Phi) is 6.44. The number of para-hydroxylation sites is 1. The molecule has 0 radical (unpaired) electrons.